The van der Waals surface area contributed by atoms with Crippen molar-refractivity contribution in [2.24, 2.45) is 5.41 Å². The number of nitrogens with zero attached hydrogens (tertiary/aromatic N) is 1. The van der Waals surface area contributed by atoms with Crippen molar-refractivity contribution in [3.05, 3.63) is 0 Å². The van der Waals surface area contributed by atoms with Crippen molar-refractivity contribution in [2.75, 3.05) is 47.0 Å². The Balaban J connectivity index is 1.68. The van der Waals surface area contributed by atoms with E-state index in [-0.39, 0.29) is 0 Å². The first-order valence-electron chi connectivity index (χ1n) is 8.76. The van der Waals surface area contributed by atoms with Crippen molar-refractivity contribution in [3.8, 4) is 0 Å². The van der Waals surface area contributed by atoms with Gasteiger partial charge in [-0.1, -0.05) is 19.3 Å². The van der Waals surface area contributed by atoms with Crippen LogP contribution in [0.4, 0.5) is 0 Å². The van der Waals surface area contributed by atoms with Gasteiger partial charge in [0.2, 0.25) is 0 Å². The van der Waals surface area contributed by atoms with Gasteiger partial charge in [0.15, 0.2) is 0 Å². The second-order valence-electron chi connectivity index (χ2n) is 6.90. The minimum absolute atomic E-state index is 0.428. The minimum Gasteiger partial charge on any atom is -0.379 e. The summed E-state index contributed by atoms with van der Waals surface area (Å²) in [6, 6.07) is 0.645. The molecule has 2 aliphatic rings. The highest BCUT2D eigenvalue weighted by Crippen LogP contribution is 2.53. The quantitative estimate of drug-likeness (QED) is 0.662. The van der Waals surface area contributed by atoms with E-state index in [9.17, 15) is 0 Å². The van der Waals surface area contributed by atoms with Crippen LogP contribution in [0.3, 0.4) is 0 Å². The van der Waals surface area contributed by atoms with Crippen LogP contribution in [-0.2, 0) is 9.47 Å². The molecule has 4 nitrogen and oxygen atoms in total. The molecule has 0 radical (unpaired) electrons. The summed E-state index contributed by atoms with van der Waals surface area (Å²) >= 11 is 0. The normalized spacial score (nSPS) is 28.0. The summed E-state index contributed by atoms with van der Waals surface area (Å²) < 4.78 is 11.7. The van der Waals surface area contributed by atoms with Crippen molar-refractivity contribution in [3.63, 3.8) is 0 Å². The van der Waals surface area contributed by atoms with E-state index in [0.717, 1.165) is 32.9 Å². The van der Waals surface area contributed by atoms with Crippen LogP contribution in [0.5, 0.6) is 0 Å². The van der Waals surface area contributed by atoms with Crippen LogP contribution in [0.1, 0.15) is 45.4 Å². The number of hydrogen-bond acceptors (Lipinski definition) is 4. The molecule has 2 aliphatic carbocycles. The molecular weight excluding hydrogens is 264 g/mol. The number of rotatable bonds is 9. The van der Waals surface area contributed by atoms with Gasteiger partial charge in [0.1, 0.15) is 0 Å². The second-order valence-corrected chi connectivity index (χ2v) is 6.90. The molecule has 0 amide bonds. The Hall–Kier alpha value is -0.160. The zero-order valence-electron chi connectivity index (χ0n) is 14.2. The first-order chi connectivity index (χ1) is 10.2. The summed E-state index contributed by atoms with van der Waals surface area (Å²) in [6.07, 6.45) is 8.53. The molecule has 4 heteroatoms. The molecule has 21 heavy (non-hydrogen) atoms. The molecule has 1 spiro atoms. The summed E-state index contributed by atoms with van der Waals surface area (Å²) in [5, 5.41) is 3.74. The first-order valence-corrected chi connectivity index (χ1v) is 8.76. The fourth-order valence-corrected chi connectivity index (χ4v) is 4.00. The van der Waals surface area contributed by atoms with Gasteiger partial charge in [-0.25, -0.2) is 0 Å². The zero-order valence-corrected chi connectivity index (χ0v) is 14.2. The largest absolute Gasteiger partial charge is 0.379 e. The lowest BCUT2D eigenvalue weighted by atomic mass is 9.55. The Bertz CT molecular complexity index is 291. The van der Waals surface area contributed by atoms with E-state index in [1.165, 1.54) is 38.5 Å². The van der Waals surface area contributed by atoms with Crippen LogP contribution in [0.25, 0.3) is 0 Å². The number of ether oxygens (including phenoxy) is 2. The molecule has 0 aliphatic heterocycles. The lowest BCUT2D eigenvalue weighted by molar-refractivity contribution is -0.150. The topological polar surface area (TPSA) is 33.7 Å². The fraction of sp³-hybridized carbons (Fsp3) is 1.00. The van der Waals surface area contributed by atoms with E-state index in [4.69, 9.17) is 9.47 Å². The van der Waals surface area contributed by atoms with Gasteiger partial charge in [-0.05, 0) is 40.3 Å². The average Bonchev–Trinajstić information content (AvgIpc) is 2.49. The fourth-order valence-electron chi connectivity index (χ4n) is 4.00. The maximum atomic E-state index is 6.00. The lowest BCUT2D eigenvalue weighted by Crippen LogP contribution is -2.64. The Morgan fingerprint density at radius 1 is 1.14 bits per heavy atom. The molecule has 0 bridgehead atoms. The van der Waals surface area contributed by atoms with Gasteiger partial charge < -0.3 is 19.7 Å². The van der Waals surface area contributed by atoms with Crippen LogP contribution in [0.15, 0.2) is 0 Å². The molecule has 1 N–H and O–H groups in total. The monoisotopic (exact) mass is 298 g/mol. The Morgan fingerprint density at radius 3 is 2.57 bits per heavy atom. The number of nitrogens with one attached hydrogen (secondary N) is 1. The molecule has 0 heterocycles. The molecule has 0 aromatic rings. The summed E-state index contributed by atoms with van der Waals surface area (Å²) in [7, 11) is 4.16. The Labute approximate surface area is 130 Å². The SMILES string of the molecule is CCOC1CC(NCCOCCN(C)C)C12CCCCC2. The molecule has 2 fully saturated rings. The van der Waals surface area contributed by atoms with Crippen molar-refractivity contribution >= 4 is 0 Å². The molecule has 2 rings (SSSR count). The van der Waals surface area contributed by atoms with Gasteiger partial charge in [0.05, 0.1) is 19.3 Å². The number of hydrogen-bond donors (Lipinski definition) is 1. The maximum Gasteiger partial charge on any atom is 0.0661 e. The van der Waals surface area contributed by atoms with Gasteiger partial charge in [0.25, 0.3) is 0 Å². The Kier molecular flexibility index (Phi) is 6.93. The number of likely N-dealkylation sites (N-methyl/N-ethyl adjacent to an activating group) is 1. The predicted octanol–water partition coefficient (Wildman–Crippen LogP) is 2.28. The van der Waals surface area contributed by atoms with Crippen LogP contribution in [0, 0.1) is 5.41 Å². The highest BCUT2D eigenvalue weighted by Gasteiger charge is 2.55. The maximum absolute atomic E-state index is 6.00. The third-order valence-corrected chi connectivity index (χ3v) is 5.26. The molecule has 2 atom stereocenters. The van der Waals surface area contributed by atoms with Gasteiger partial charge in [-0.2, -0.15) is 0 Å². The predicted molar refractivity (Wildman–Crippen MR) is 86.7 cm³/mol. The van der Waals surface area contributed by atoms with E-state index in [1.54, 1.807) is 0 Å². The smallest absolute Gasteiger partial charge is 0.0661 e. The summed E-state index contributed by atoms with van der Waals surface area (Å²) in [5.41, 5.74) is 0.428. The van der Waals surface area contributed by atoms with Crippen LogP contribution >= 0.6 is 0 Å². The van der Waals surface area contributed by atoms with Crippen molar-refractivity contribution < 1.29 is 9.47 Å². The molecular formula is C17H34N2O2. The molecule has 124 valence electrons. The van der Waals surface area contributed by atoms with Crippen molar-refractivity contribution in [1.82, 2.24) is 10.2 Å². The summed E-state index contributed by atoms with van der Waals surface area (Å²) in [6.45, 7) is 6.59. The highest BCUT2D eigenvalue weighted by atomic mass is 16.5. The lowest BCUT2D eigenvalue weighted by Gasteiger charge is -2.58. The molecule has 0 saturated heterocycles. The molecule has 2 unspecified atom stereocenters. The third kappa shape index (κ3) is 4.41. The second kappa shape index (κ2) is 8.47. The third-order valence-electron chi connectivity index (χ3n) is 5.26. The van der Waals surface area contributed by atoms with Crippen molar-refractivity contribution in [2.45, 2.75) is 57.6 Å². The van der Waals surface area contributed by atoms with E-state index in [0.29, 0.717) is 17.6 Å². The molecule has 0 aromatic carbocycles. The summed E-state index contributed by atoms with van der Waals surface area (Å²) in [4.78, 5) is 2.16. The Morgan fingerprint density at radius 2 is 1.90 bits per heavy atom. The van der Waals surface area contributed by atoms with Crippen molar-refractivity contribution in [1.29, 1.82) is 0 Å². The summed E-state index contributed by atoms with van der Waals surface area (Å²) in [5.74, 6) is 0. The zero-order chi connectivity index (χ0) is 15.1. The van der Waals surface area contributed by atoms with E-state index < -0.39 is 0 Å². The van der Waals surface area contributed by atoms with Crippen LogP contribution in [0.2, 0.25) is 0 Å². The van der Waals surface area contributed by atoms with Gasteiger partial charge >= 0.3 is 0 Å². The van der Waals surface area contributed by atoms with Crippen LogP contribution in [-0.4, -0.2) is 64.1 Å². The van der Waals surface area contributed by atoms with Gasteiger partial charge in [-0.3, -0.25) is 0 Å². The minimum atomic E-state index is 0.428. The average molecular weight is 298 g/mol. The van der Waals surface area contributed by atoms with E-state index in [2.05, 4.69) is 31.2 Å². The highest BCUT2D eigenvalue weighted by molar-refractivity contribution is 5.08. The standard InChI is InChI=1S/C17H34N2O2/c1-4-21-16-14-15(17(16)8-6-5-7-9-17)18-10-12-20-13-11-19(2)3/h15-16,18H,4-14H2,1-3H3. The van der Waals surface area contributed by atoms with Gasteiger partial charge in [-0.15, -0.1) is 0 Å². The van der Waals surface area contributed by atoms with E-state index in [1.807, 2.05) is 0 Å². The van der Waals surface area contributed by atoms with Crippen LogP contribution < -0.4 is 5.32 Å². The first kappa shape index (κ1) is 17.2. The van der Waals surface area contributed by atoms with E-state index >= 15 is 0 Å². The van der Waals surface area contributed by atoms with Gasteiger partial charge in [0, 0.05) is 31.2 Å². The molecule has 0 aromatic heterocycles. The molecule has 2 saturated carbocycles.